The average Bonchev–Trinajstić information content (AvgIpc) is 3.53. The summed E-state index contributed by atoms with van der Waals surface area (Å²) in [4.78, 5) is 41.7. The number of halogens is 1. The minimum atomic E-state index is -0.384. The minimum absolute atomic E-state index is 0.0673. The Bertz CT molecular complexity index is 1290. The van der Waals surface area contributed by atoms with Gasteiger partial charge in [-0.25, -0.2) is 9.97 Å². The van der Waals surface area contributed by atoms with E-state index in [1.807, 2.05) is 6.92 Å². The SMILES string of the molecule is COc1cnc(Cl)cc1-c1cc(C)ncc1C(=O)Nc1nc2c(s1)CN(C(=O)C1CCC(O)C1)C2. The van der Waals surface area contributed by atoms with Crippen molar-refractivity contribution in [3.8, 4) is 16.9 Å². The third-order valence-electron chi connectivity index (χ3n) is 6.37. The molecule has 35 heavy (non-hydrogen) atoms. The van der Waals surface area contributed by atoms with E-state index in [1.165, 1.54) is 30.8 Å². The predicted molar refractivity (Wildman–Crippen MR) is 131 cm³/mol. The molecule has 3 aromatic rings. The molecule has 1 saturated carbocycles. The van der Waals surface area contributed by atoms with Gasteiger partial charge in [-0.3, -0.25) is 19.9 Å². The molecule has 1 fully saturated rings. The molecule has 0 aromatic carbocycles. The molecule has 0 saturated heterocycles. The number of anilines is 1. The molecule has 2 N–H and O–H groups in total. The first-order valence-corrected chi connectivity index (χ1v) is 12.4. The molecule has 4 heterocycles. The Hall–Kier alpha value is -3.08. The number of nitrogens with zero attached hydrogens (tertiary/aromatic N) is 4. The average molecular weight is 514 g/mol. The van der Waals surface area contributed by atoms with E-state index in [-0.39, 0.29) is 29.0 Å². The summed E-state index contributed by atoms with van der Waals surface area (Å²) in [5, 5.41) is 13.4. The fraction of sp³-hybridized carbons (Fsp3) is 0.375. The van der Waals surface area contributed by atoms with Crippen LogP contribution in [0.1, 0.15) is 45.9 Å². The minimum Gasteiger partial charge on any atom is -0.494 e. The molecule has 2 unspecified atom stereocenters. The summed E-state index contributed by atoms with van der Waals surface area (Å²) in [5.74, 6) is 0.0755. The van der Waals surface area contributed by atoms with Crippen LogP contribution in [0, 0.1) is 12.8 Å². The van der Waals surface area contributed by atoms with Crippen molar-refractivity contribution in [2.75, 3.05) is 12.4 Å². The number of pyridine rings is 2. The quantitative estimate of drug-likeness (QED) is 0.498. The van der Waals surface area contributed by atoms with Crippen LogP contribution < -0.4 is 10.1 Å². The summed E-state index contributed by atoms with van der Waals surface area (Å²) >= 11 is 7.48. The van der Waals surface area contributed by atoms with E-state index in [0.29, 0.717) is 53.5 Å². The second kappa shape index (κ2) is 9.52. The first kappa shape index (κ1) is 23.7. The Morgan fingerprint density at radius 2 is 2.03 bits per heavy atom. The number of rotatable bonds is 5. The number of thiazole rings is 1. The Kier molecular flexibility index (Phi) is 6.43. The Labute approximate surface area is 211 Å². The standard InChI is InChI=1S/C24H24ClN5O4S/c1-12-5-15(16-7-21(25)27-9-19(16)34-2)17(8-26-12)22(32)29-24-28-18-10-30(11-20(18)35-24)23(33)13-3-4-14(31)6-13/h5,7-9,13-14,31H,3-4,6,10-11H2,1-2H3,(H,28,29,32). The van der Waals surface area contributed by atoms with Gasteiger partial charge >= 0.3 is 0 Å². The molecule has 2 aliphatic rings. The second-order valence-corrected chi connectivity index (χ2v) is 10.3. The normalized spacial score (nSPS) is 19.0. The van der Waals surface area contributed by atoms with Crippen LogP contribution in [0.4, 0.5) is 5.13 Å². The number of aryl methyl sites for hydroxylation is 1. The van der Waals surface area contributed by atoms with E-state index in [4.69, 9.17) is 16.3 Å². The number of amides is 2. The van der Waals surface area contributed by atoms with Crippen LogP contribution in [0.5, 0.6) is 5.75 Å². The van der Waals surface area contributed by atoms with Gasteiger partial charge in [0.05, 0.1) is 48.6 Å². The Balaban J connectivity index is 1.34. The van der Waals surface area contributed by atoms with Crippen molar-refractivity contribution >= 4 is 39.9 Å². The van der Waals surface area contributed by atoms with E-state index >= 15 is 0 Å². The van der Waals surface area contributed by atoms with Crippen LogP contribution in [-0.4, -0.2) is 50.0 Å². The van der Waals surface area contributed by atoms with Crippen LogP contribution in [0.15, 0.2) is 24.5 Å². The zero-order valence-corrected chi connectivity index (χ0v) is 20.8. The van der Waals surface area contributed by atoms with Crippen molar-refractivity contribution in [1.29, 1.82) is 0 Å². The van der Waals surface area contributed by atoms with E-state index in [2.05, 4.69) is 20.3 Å². The number of aliphatic hydroxyl groups excluding tert-OH is 1. The molecule has 5 rings (SSSR count). The van der Waals surface area contributed by atoms with Crippen LogP contribution in [0.3, 0.4) is 0 Å². The van der Waals surface area contributed by atoms with Gasteiger partial charge in [-0.1, -0.05) is 22.9 Å². The molecule has 0 spiro atoms. The molecule has 1 aliphatic carbocycles. The summed E-state index contributed by atoms with van der Waals surface area (Å²) in [6, 6.07) is 3.45. The number of hydrogen-bond acceptors (Lipinski definition) is 8. The number of aromatic nitrogens is 3. The van der Waals surface area contributed by atoms with Gasteiger partial charge in [-0.2, -0.15) is 0 Å². The van der Waals surface area contributed by atoms with Gasteiger partial charge in [0, 0.05) is 28.9 Å². The van der Waals surface area contributed by atoms with Gasteiger partial charge < -0.3 is 14.7 Å². The highest BCUT2D eigenvalue weighted by Gasteiger charge is 2.35. The fourth-order valence-corrected chi connectivity index (χ4v) is 5.75. The second-order valence-electron chi connectivity index (χ2n) is 8.78. The maximum atomic E-state index is 13.2. The molecular formula is C24H24ClN5O4S. The number of ether oxygens (including phenoxy) is 1. The van der Waals surface area contributed by atoms with Crippen molar-refractivity contribution in [2.45, 2.75) is 45.4 Å². The van der Waals surface area contributed by atoms with Gasteiger partial charge in [0.25, 0.3) is 5.91 Å². The lowest BCUT2D eigenvalue weighted by Gasteiger charge is -2.19. The number of fused-ring (bicyclic) bond motifs is 1. The van der Waals surface area contributed by atoms with Gasteiger partial charge in [0.2, 0.25) is 5.91 Å². The van der Waals surface area contributed by atoms with Crippen molar-refractivity contribution in [3.05, 3.63) is 51.5 Å². The topological polar surface area (TPSA) is 118 Å². The smallest absolute Gasteiger partial charge is 0.259 e. The zero-order valence-electron chi connectivity index (χ0n) is 19.2. The van der Waals surface area contributed by atoms with Crippen molar-refractivity contribution < 1.29 is 19.4 Å². The first-order valence-electron chi connectivity index (χ1n) is 11.3. The molecule has 2 amide bonds. The van der Waals surface area contributed by atoms with Crippen LogP contribution >= 0.6 is 22.9 Å². The lowest BCUT2D eigenvalue weighted by Crippen LogP contribution is -2.31. The van der Waals surface area contributed by atoms with Crippen molar-refractivity contribution in [3.63, 3.8) is 0 Å². The number of aliphatic hydroxyl groups is 1. The highest BCUT2D eigenvalue weighted by molar-refractivity contribution is 7.16. The largest absolute Gasteiger partial charge is 0.494 e. The first-order chi connectivity index (χ1) is 16.8. The number of hydrogen-bond donors (Lipinski definition) is 2. The van der Waals surface area contributed by atoms with E-state index in [0.717, 1.165) is 22.7 Å². The maximum Gasteiger partial charge on any atom is 0.259 e. The van der Waals surface area contributed by atoms with Gasteiger partial charge in [0.15, 0.2) is 5.13 Å². The molecule has 0 radical (unpaired) electrons. The summed E-state index contributed by atoms with van der Waals surface area (Å²) in [7, 11) is 1.53. The summed E-state index contributed by atoms with van der Waals surface area (Å²) < 4.78 is 5.43. The van der Waals surface area contributed by atoms with Crippen molar-refractivity contribution in [1.82, 2.24) is 19.9 Å². The van der Waals surface area contributed by atoms with Crippen molar-refractivity contribution in [2.24, 2.45) is 5.92 Å². The summed E-state index contributed by atoms with van der Waals surface area (Å²) in [5.41, 5.74) is 3.14. The molecule has 2 atom stereocenters. The summed E-state index contributed by atoms with van der Waals surface area (Å²) in [6.07, 6.45) is 4.57. The van der Waals surface area contributed by atoms with Crippen LogP contribution in [0.25, 0.3) is 11.1 Å². The molecule has 1 aliphatic heterocycles. The Morgan fingerprint density at radius 3 is 2.74 bits per heavy atom. The molecule has 9 nitrogen and oxygen atoms in total. The van der Waals surface area contributed by atoms with Gasteiger partial charge in [-0.05, 0) is 38.3 Å². The maximum absolute atomic E-state index is 13.2. The predicted octanol–water partition coefficient (Wildman–Crippen LogP) is 3.83. The molecular weight excluding hydrogens is 490 g/mol. The van der Waals surface area contributed by atoms with E-state index in [9.17, 15) is 14.7 Å². The highest BCUT2D eigenvalue weighted by atomic mass is 35.5. The monoisotopic (exact) mass is 513 g/mol. The van der Waals surface area contributed by atoms with E-state index < -0.39 is 0 Å². The van der Waals surface area contributed by atoms with Crippen LogP contribution in [0.2, 0.25) is 5.15 Å². The third kappa shape index (κ3) is 4.73. The number of carbonyl (C=O) groups excluding carboxylic acids is 2. The number of carbonyl (C=O) groups is 2. The van der Waals surface area contributed by atoms with Gasteiger partial charge in [-0.15, -0.1) is 0 Å². The lowest BCUT2D eigenvalue weighted by atomic mass is 10.0. The lowest BCUT2D eigenvalue weighted by molar-refractivity contribution is -0.136. The fourth-order valence-electron chi connectivity index (χ4n) is 4.61. The Morgan fingerprint density at radius 1 is 1.20 bits per heavy atom. The van der Waals surface area contributed by atoms with E-state index in [1.54, 1.807) is 17.0 Å². The number of methoxy groups -OCH3 is 1. The van der Waals surface area contributed by atoms with Crippen LogP contribution in [-0.2, 0) is 17.9 Å². The highest BCUT2D eigenvalue weighted by Crippen LogP contribution is 2.36. The van der Waals surface area contributed by atoms with Gasteiger partial charge in [0.1, 0.15) is 10.9 Å². The molecule has 0 bridgehead atoms. The summed E-state index contributed by atoms with van der Waals surface area (Å²) in [6.45, 7) is 2.72. The molecule has 182 valence electrons. The molecule has 3 aromatic heterocycles. The zero-order chi connectivity index (χ0) is 24.7. The third-order valence-corrected chi connectivity index (χ3v) is 7.57. The number of nitrogens with one attached hydrogen (secondary N) is 1. The molecule has 11 heteroatoms.